The van der Waals surface area contributed by atoms with Gasteiger partial charge in [0.05, 0.1) is 5.56 Å². The van der Waals surface area contributed by atoms with Crippen molar-refractivity contribution in [3.8, 4) is 5.75 Å². The Morgan fingerprint density at radius 2 is 1.75 bits per heavy atom. The second-order valence-electron chi connectivity index (χ2n) is 5.14. The van der Waals surface area contributed by atoms with Crippen molar-refractivity contribution in [1.29, 1.82) is 0 Å². The standard InChI is InChI=1S/C13H18O3/c1-7-6-9(13(3,4)5)11(14)8(2)10(7)12(15)16/h6,14H,1-5H3,(H,15,16). The predicted octanol–water partition coefficient (Wildman–Crippen LogP) is 3.00. The van der Waals surface area contributed by atoms with E-state index in [2.05, 4.69) is 0 Å². The minimum atomic E-state index is -0.995. The van der Waals surface area contributed by atoms with Crippen molar-refractivity contribution in [2.45, 2.75) is 40.0 Å². The summed E-state index contributed by atoms with van der Waals surface area (Å²) in [5, 5.41) is 19.1. The van der Waals surface area contributed by atoms with Gasteiger partial charge in [0, 0.05) is 5.56 Å². The summed E-state index contributed by atoms with van der Waals surface area (Å²) in [7, 11) is 0. The molecule has 16 heavy (non-hydrogen) atoms. The Bertz CT molecular complexity index is 439. The molecule has 0 aliphatic rings. The average molecular weight is 222 g/mol. The Balaban J connectivity index is 3.58. The second-order valence-corrected chi connectivity index (χ2v) is 5.14. The lowest BCUT2D eigenvalue weighted by Gasteiger charge is -2.23. The molecule has 0 bridgehead atoms. The summed E-state index contributed by atoms with van der Waals surface area (Å²) in [6, 6.07) is 1.76. The molecule has 0 atom stereocenters. The molecule has 0 radical (unpaired) electrons. The van der Waals surface area contributed by atoms with Crippen molar-refractivity contribution < 1.29 is 15.0 Å². The molecular weight excluding hydrogens is 204 g/mol. The lowest BCUT2D eigenvalue weighted by Crippen LogP contribution is -2.14. The Labute approximate surface area is 95.7 Å². The number of carboxylic acids is 1. The Morgan fingerprint density at radius 1 is 1.25 bits per heavy atom. The maximum Gasteiger partial charge on any atom is 0.336 e. The smallest absolute Gasteiger partial charge is 0.336 e. The van der Waals surface area contributed by atoms with E-state index in [0.29, 0.717) is 11.1 Å². The number of hydrogen-bond acceptors (Lipinski definition) is 2. The lowest BCUT2D eigenvalue weighted by atomic mass is 9.83. The summed E-state index contributed by atoms with van der Waals surface area (Å²) < 4.78 is 0. The minimum absolute atomic E-state index is 0.0931. The number of rotatable bonds is 1. The normalized spacial score (nSPS) is 11.6. The molecule has 0 amide bonds. The minimum Gasteiger partial charge on any atom is -0.507 e. The van der Waals surface area contributed by atoms with E-state index < -0.39 is 5.97 Å². The van der Waals surface area contributed by atoms with Crippen molar-refractivity contribution in [3.63, 3.8) is 0 Å². The van der Waals surface area contributed by atoms with Crippen LogP contribution in [0.1, 0.15) is 47.8 Å². The van der Waals surface area contributed by atoms with Crippen LogP contribution in [0.25, 0.3) is 0 Å². The van der Waals surface area contributed by atoms with Gasteiger partial charge in [-0.15, -0.1) is 0 Å². The van der Waals surface area contributed by atoms with Crippen LogP contribution in [0.2, 0.25) is 0 Å². The highest BCUT2D eigenvalue weighted by Crippen LogP contribution is 2.36. The molecule has 3 nitrogen and oxygen atoms in total. The third-order valence-corrected chi connectivity index (χ3v) is 2.76. The Hall–Kier alpha value is -1.51. The van der Waals surface area contributed by atoms with Crippen LogP contribution >= 0.6 is 0 Å². The van der Waals surface area contributed by atoms with E-state index in [1.54, 1.807) is 19.9 Å². The third-order valence-electron chi connectivity index (χ3n) is 2.76. The molecule has 1 aromatic rings. The molecule has 3 heteroatoms. The Kier molecular flexibility index (Phi) is 2.99. The molecule has 0 fully saturated rings. The van der Waals surface area contributed by atoms with E-state index >= 15 is 0 Å². The van der Waals surface area contributed by atoms with Gasteiger partial charge in [0.1, 0.15) is 5.75 Å². The Morgan fingerprint density at radius 3 is 2.12 bits per heavy atom. The fourth-order valence-corrected chi connectivity index (χ4v) is 1.87. The van der Waals surface area contributed by atoms with Crippen molar-refractivity contribution in [2.24, 2.45) is 0 Å². The van der Waals surface area contributed by atoms with Crippen molar-refractivity contribution in [2.75, 3.05) is 0 Å². The van der Waals surface area contributed by atoms with Crippen molar-refractivity contribution in [3.05, 3.63) is 28.3 Å². The number of aryl methyl sites for hydroxylation is 1. The van der Waals surface area contributed by atoms with Crippen LogP contribution in [0.15, 0.2) is 6.07 Å². The summed E-state index contributed by atoms with van der Waals surface area (Å²) in [6.07, 6.45) is 0. The van der Waals surface area contributed by atoms with Crippen LogP contribution in [-0.4, -0.2) is 16.2 Å². The van der Waals surface area contributed by atoms with E-state index in [0.717, 1.165) is 5.56 Å². The highest BCUT2D eigenvalue weighted by Gasteiger charge is 2.24. The first-order valence-corrected chi connectivity index (χ1v) is 5.23. The summed E-state index contributed by atoms with van der Waals surface area (Å²) in [6.45, 7) is 9.36. The van der Waals surface area contributed by atoms with E-state index in [1.165, 1.54) is 0 Å². The summed E-state index contributed by atoms with van der Waals surface area (Å²) in [5.41, 5.74) is 1.92. The SMILES string of the molecule is Cc1cc(C(C)(C)C)c(O)c(C)c1C(=O)O. The van der Waals surface area contributed by atoms with Gasteiger partial charge in [-0.3, -0.25) is 0 Å². The molecule has 1 aromatic carbocycles. The van der Waals surface area contributed by atoms with Crippen LogP contribution in [0.4, 0.5) is 0 Å². The molecule has 88 valence electrons. The van der Waals surface area contributed by atoms with Gasteiger partial charge >= 0.3 is 5.97 Å². The number of phenols is 1. The van der Waals surface area contributed by atoms with Crippen molar-refractivity contribution >= 4 is 5.97 Å². The molecule has 0 aromatic heterocycles. The van der Waals surface area contributed by atoms with E-state index in [-0.39, 0.29) is 16.7 Å². The highest BCUT2D eigenvalue weighted by molar-refractivity contribution is 5.92. The summed E-state index contributed by atoms with van der Waals surface area (Å²) in [4.78, 5) is 11.0. The number of aromatic hydroxyl groups is 1. The molecule has 0 heterocycles. The highest BCUT2D eigenvalue weighted by atomic mass is 16.4. The molecule has 1 rings (SSSR count). The molecular formula is C13H18O3. The fourth-order valence-electron chi connectivity index (χ4n) is 1.87. The average Bonchev–Trinajstić information content (AvgIpc) is 2.09. The van der Waals surface area contributed by atoms with Gasteiger partial charge in [-0.25, -0.2) is 4.79 Å². The maximum absolute atomic E-state index is 11.0. The molecule has 0 aliphatic carbocycles. The number of hydrogen-bond donors (Lipinski definition) is 2. The van der Waals surface area contributed by atoms with Gasteiger partial charge in [0.15, 0.2) is 0 Å². The van der Waals surface area contributed by atoms with Crippen LogP contribution in [-0.2, 0) is 5.41 Å². The van der Waals surface area contributed by atoms with Crippen LogP contribution in [0.5, 0.6) is 5.75 Å². The topological polar surface area (TPSA) is 57.5 Å². The van der Waals surface area contributed by atoms with E-state index in [4.69, 9.17) is 5.11 Å². The predicted molar refractivity (Wildman–Crippen MR) is 63.2 cm³/mol. The molecule has 0 unspecified atom stereocenters. The first-order valence-electron chi connectivity index (χ1n) is 5.23. The number of phenolic OH excluding ortho intramolecular Hbond substituents is 1. The number of carbonyl (C=O) groups is 1. The summed E-state index contributed by atoms with van der Waals surface area (Å²) in [5.74, 6) is -0.902. The van der Waals surface area contributed by atoms with Crippen LogP contribution in [0, 0.1) is 13.8 Å². The second kappa shape index (κ2) is 3.81. The van der Waals surface area contributed by atoms with Gasteiger partial charge < -0.3 is 10.2 Å². The van der Waals surface area contributed by atoms with Gasteiger partial charge in [-0.2, -0.15) is 0 Å². The monoisotopic (exact) mass is 222 g/mol. The lowest BCUT2D eigenvalue weighted by molar-refractivity contribution is 0.0694. The maximum atomic E-state index is 11.0. The first kappa shape index (κ1) is 12.6. The van der Waals surface area contributed by atoms with Crippen molar-refractivity contribution in [1.82, 2.24) is 0 Å². The van der Waals surface area contributed by atoms with Gasteiger partial charge in [-0.05, 0) is 30.4 Å². The van der Waals surface area contributed by atoms with Gasteiger partial charge in [-0.1, -0.05) is 26.8 Å². The quantitative estimate of drug-likeness (QED) is 0.768. The van der Waals surface area contributed by atoms with Gasteiger partial charge in [0.25, 0.3) is 0 Å². The molecule has 0 saturated carbocycles. The first-order chi connectivity index (χ1) is 7.16. The van der Waals surface area contributed by atoms with E-state index in [9.17, 15) is 9.90 Å². The zero-order valence-electron chi connectivity index (χ0n) is 10.4. The third kappa shape index (κ3) is 2.03. The largest absolute Gasteiger partial charge is 0.507 e. The molecule has 0 aliphatic heterocycles. The van der Waals surface area contributed by atoms with Gasteiger partial charge in [0.2, 0.25) is 0 Å². The number of aromatic carboxylic acids is 1. The fraction of sp³-hybridized carbons (Fsp3) is 0.462. The van der Waals surface area contributed by atoms with E-state index in [1.807, 2.05) is 20.8 Å². The van der Waals surface area contributed by atoms with Crippen LogP contribution in [0.3, 0.4) is 0 Å². The number of benzene rings is 1. The zero-order valence-corrected chi connectivity index (χ0v) is 10.4. The molecule has 0 spiro atoms. The zero-order chi connectivity index (χ0) is 12.7. The molecule has 0 saturated heterocycles. The van der Waals surface area contributed by atoms with Crippen LogP contribution < -0.4 is 0 Å². The number of carboxylic acid groups (broad SMARTS) is 1. The molecule has 2 N–H and O–H groups in total. The summed E-state index contributed by atoms with van der Waals surface area (Å²) >= 11 is 0.